The maximum Gasteiger partial charge on any atom is 0.164 e. The van der Waals surface area contributed by atoms with Crippen LogP contribution in [0.4, 0.5) is 0 Å². The molecule has 4 nitrogen and oxygen atoms in total. The summed E-state index contributed by atoms with van der Waals surface area (Å²) in [5, 5.41) is 4.55. The molecule has 0 fully saturated rings. The summed E-state index contributed by atoms with van der Waals surface area (Å²) in [6.07, 6.45) is 0. The SMILES string of the molecule is CC1(C)c2ccccc2-c2ccc(-c3nc(-c4ccccc4)nc(-c4cccc5oc6ccc(-c7ccc(-c8ccccc8)c8sc9ccccc9c78)cc6c45)n3)cc21. The van der Waals surface area contributed by atoms with E-state index in [-0.39, 0.29) is 5.41 Å². The van der Waals surface area contributed by atoms with Gasteiger partial charge in [0.05, 0.1) is 0 Å². The fourth-order valence-corrected chi connectivity index (χ4v) is 10.5. The lowest BCUT2D eigenvalue weighted by atomic mass is 9.82. The molecule has 0 spiro atoms. The first kappa shape index (κ1) is 33.9. The van der Waals surface area contributed by atoms with E-state index in [4.69, 9.17) is 19.4 Å². The molecule has 12 rings (SSSR count). The Morgan fingerprint density at radius 1 is 0.407 bits per heavy atom. The molecular formula is C54H35N3OS. The lowest BCUT2D eigenvalue weighted by Crippen LogP contribution is -2.15. The quantitative estimate of drug-likeness (QED) is 0.175. The number of nitrogens with zero attached hydrogens (tertiary/aromatic N) is 3. The fraction of sp³-hybridized carbons (Fsp3) is 0.0556. The smallest absolute Gasteiger partial charge is 0.164 e. The molecule has 8 aromatic carbocycles. The highest BCUT2D eigenvalue weighted by molar-refractivity contribution is 7.26. The van der Waals surface area contributed by atoms with Gasteiger partial charge in [-0.2, -0.15) is 0 Å². The summed E-state index contributed by atoms with van der Waals surface area (Å²) in [4.78, 5) is 15.6. The Morgan fingerprint density at radius 3 is 1.90 bits per heavy atom. The number of rotatable bonds is 5. The van der Waals surface area contributed by atoms with Crippen molar-refractivity contribution < 1.29 is 4.42 Å². The van der Waals surface area contributed by atoms with Gasteiger partial charge in [0.2, 0.25) is 0 Å². The van der Waals surface area contributed by atoms with Crippen LogP contribution in [-0.2, 0) is 5.41 Å². The largest absolute Gasteiger partial charge is 0.456 e. The second-order valence-corrected chi connectivity index (χ2v) is 17.0. The van der Waals surface area contributed by atoms with Crippen molar-refractivity contribution in [1.82, 2.24) is 15.0 Å². The zero-order valence-corrected chi connectivity index (χ0v) is 33.2. The first-order valence-electron chi connectivity index (χ1n) is 20.0. The van der Waals surface area contributed by atoms with E-state index in [9.17, 15) is 0 Å². The summed E-state index contributed by atoms with van der Waals surface area (Å²) in [5.74, 6) is 1.87. The minimum atomic E-state index is -0.151. The van der Waals surface area contributed by atoms with Crippen molar-refractivity contribution in [3.8, 4) is 67.5 Å². The summed E-state index contributed by atoms with van der Waals surface area (Å²) < 4.78 is 9.16. The molecule has 0 aliphatic heterocycles. The number of hydrogen-bond donors (Lipinski definition) is 0. The second kappa shape index (κ2) is 12.9. The number of thiophene rings is 1. The summed E-state index contributed by atoms with van der Waals surface area (Å²) in [6, 6.07) is 62.4. The van der Waals surface area contributed by atoms with E-state index in [2.05, 4.69) is 159 Å². The minimum Gasteiger partial charge on any atom is -0.456 e. The van der Waals surface area contributed by atoms with E-state index in [0.29, 0.717) is 17.5 Å². The maximum atomic E-state index is 6.59. The first-order valence-corrected chi connectivity index (χ1v) is 20.8. The van der Waals surface area contributed by atoms with E-state index in [1.165, 1.54) is 59.1 Å². The molecule has 1 aliphatic rings. The third kappa shape index (κ3) is 5.25. The van der Waals surface area contributed by atoms with Gasteiger partial charge in [-0.05, 0) is 74.8 Å². The molecule has 59 heavy (non-hydrogen) atoms. The van der Waals surface area contributed by atoms with Gasteiger partial charge in [0, 0.05) is 53.1 Å². The van der Waals surface area contributed by atoms with Crippen molar-refractivity contribution in [2.75, 3.05) is 0 Å². The molecule has 3 heterocycles. The molecule has 5 heteroatoms. The predicted octanol–water partition coefficient (Wildman–Crippen LogP) is 14.8. The van der Waals surface area contributed by atoms with Gasteiger partial charge in [0.1, 0.15) is 11.2 Å². The number of furan rings is 1. The third-order valence-electron chi connectivity index (χ3n) is 12.2. The fourth-order valence-electron chi connectivity index (χ4n) is 9.28. The Bertz CT molecular complexity index is 3470. The van der Waals surface area contributed by atoms with Crippen LogP contribution in [-0.4, -0.2) is 15.0 Å². The van der Waals surface area contributed by atoms with E-state index < -0.39 is 0 Å². The Labute approximate surface area is 345 Å². The van der Waals surface area contributed by atoms with Crippen molar-refractivity contribution in [1.29, 1.82) is 0 Å². The standard InChI is InChI=1S/C54H35N3OS/c1-54(2)43-21-11-9-18-38(43)39-26-24-35(31-44(39)54)52-55-51(33-16-7-4-8-17-33)56-53(57-52)41-20-13-22-46-48(41)42-30-34(25-29-45(42)58-46)36-27-28-37(32-14-5-3-6-15-32)50-49(36)40-19-10-12-23-47(40)59-50/h3-31H,1-2H3. The van der Waals surface area contributed by atoms with Gasteiger partial charge < -0.3 is 4.42 Å². The molecule has 0 saturated carbocycles. The van der Waals surface area contributed by atoms with Gasteiger partial charge in [-0.15, -0.1) is 11.3 Å². The molecule has 1 aliphatic carbocycles. The van der Waals surface area contributed by atoms with Crippen LogP contribution < -0.4 is 0 Å². The molecule has 11 aromatic rings. The van der Waals surface area contributed by atoms with Gasteiger partial charge in [-0.1, -0.05) is 159 Å². The van der Waals surface area contributed by atoms with Gasteiger partial charge in [-0.25, -0.2) is 15.0 Å². The Hall–Kier alpha value is -7.21. The summed E-state index contributed by atoms with van der Waals surface area (Å²) in [6.45, 7) is 4.61. The summed E-state index contributed by atoms with van der Waals surface area (Å²) in [7, 11) is 0. The number of benzene rings is 8. The molecule has 278 valence electrons. The monoisotopic (exact) mass is 773 g/mol. The van der Waals surface area contributed by atoms with Crippen molar-refractivity contribution in [2.45, 2.75) is 19.3 Å². The normalized spacial score (nSPS) is 13.1. The first-order chi connectivity index (χ1) is 29.0. The maximum absolute atomic E-state index is 6.59. The van der Waals surface area contributed by atoms with E-state index in [1.807, 2.05) is 41.7 Å². The Morgan fingerprint density at radius 2 is 1.05 bits per heavy atom. The van der Waals surface area contributed by atoms with Crippen molar-refractivity contribution >= 4 is 53.4 Å². The number of hydrogen-bond acceptors (Lipinski definition) is 5. The number of fused-ring (bicyclic) bond motifs is 9. The van der Waals surface area contributed by atoms with E-state index in [1.54, 1.807) is 0 Å². The highest BCUT2D eigenvalue weighted by Gasteiger charge is 2.35. The average molecular weight is 774 g/mol. The van der Waals surface area contributed by atoms with Crippen LogP contribution in [0.25, 0.3) is 110 Å². The van der Waals surface area contributed by atoms with Gasteiger partial charge >= 0.3 is 0 Å². The van der Waals surface area contributed by atoms with Crippen LogP contribution in [0.15, 0.2) is 180 Å². The minimum absolute atomic E-state index is 0.151. The molecule has 0 bridgehead atoms. The predicted molar refractivity (Wildman–Crippen MR) is 245 cm³/mol. The van der Waals surface area contributed by atoms with E-state index in [0.717, 1.165) is 44.2 Å². The van der Waals surface area contributed by atoms with Gasteiger partial charge in [0.15, 0.2) is 17.5 Å². The highest BCUT2D eigenvalue weighted by Crippen LogP contribution is 2.50. The molecule has 0 radical (unpaired) electrons. The van der Waals surface area contributed by atoms with Crippen LogP contribution in [0.1, 0.15) is 25.0 Å². The Kier molecular flexibility index (Phi) is 7.41. The number of aromatic nitrogens is 3. The average Bonchev–Trinajstić information content (AvgIpc) is 3.94. The lowest BCUT2D eigenvalue weighted by Gasteiger charge is -2.21. The van der Waals surface area contributed by atoms with Gasteiger partial charge in [0.25, 0.3) is 0 Å². The molecule has 0 atom stereocenters. The molecule has 0 unspecified atom stereocenters. The summed E-state index contributed by atoms with van der Waals surface area (Å²) in [5.41, 5.74) is 14.2. The zero-order chi connectivity index (χ0) is 39.2. The van der Waals surface area contributed by atoms with Crippen molar-refractivity contribution in [3.63, 3.8) is 0 Å². The van der Waals surface area contributed by atoms with Crippen LogP contribution in [0.3, 0.4) is 0 Å². The lowest BCUT2D eigenvalue weighted by molar-refractivity contribution is 0.660. The molecule has 0 saturated heterocycles. The highest BCUT2D eigenvalue weighted by atomic mass is 32.1. The molecule has 0 N–H and O–H groups in total. The Balaban J connectivity index is 1.06. The van der Waals surface area contributed by atoms with Crippen molar-refractivity contribution in [2.24, 2.45) is 0 Å². The van der Waals surface area contributed by atoms with Crippen LogP contribution in [0.2, 0.25) is 0 Å². The van der Waals surface area contributed by atoms with Crippen LogP contribution >= 0.6 is 11.3 Å². The second-order valence-electron chi connectivity index (χ2n) is 15.9. The molecular weight excluding hydrogens is 739 g/mol. The van der Waals surface area contributed by atoms with Crippen LogP contribution in [0.5, 0.6) is 0 Å². The van der Waals surface area contributed by atoms with Crippen molar-refractivity contribution in [3.05, 3.63) is 187 Å². The van der Waals surface area contributed by atoms with Crippen LogP contribution in [0, 0.1) is 0 Å². The zero-order valence-electron chi connectivity index (χ0n) is 32.4. The van der Waals surface area contributed by atoms with E-state index >= 15 is 0 Å². The summed E-state index contributed by atoms with van der Waals surface area (Å²) >= 11 is 1.86. The molecule has 3 aromatic heterocycles. The van der Waals surface area contributed by atoms with Gasteiger partial charge in [-0.3, -0.25) is 0 Å². The third-order valence-corrected chi connectivity index (χ3v) is 13.4. The topological polar surface area (TPSA) is 51.8 Å². The molecule has 0 amide bonds.